The molecular formula is C17H28N2O4S. The normalized spacial score (nSPS) is 14.2. The van der Waals surface area contributed by atoms with E-state index in [-0.39, 0.29) is 22.5 Å². The van der Waals surface area contributed by atoms with Crippen molar-refractivity contribution in [2.75, 3.05) is 5.32 Å². The first-order valence-corrected chi connectivity index (χ1v) is 9.85. The van der Waals surface area contributed by atoms with Gasteiger partial charge >= 0.3 is 5.97 Å². The largest absolute Gasteiger partial charge is 0.478 e. The Labute approximate surface area is 144 Å². The summed E-state index contributed by atoms with van der Waals surface area (Å²) in [6, 6.07) is 4.03. The van der Waals surface area contributed by atoms with Crippen LogP contribution in [0.1, 0.15) is 63.7 Å². The predicted octanol–water partition coefficient (Wildman–Crippen LogP) is 3.45. The van der Waals surface area contributed by atoms with Gasteiger partial charge in [-0.1, -0.05) is 26.7 Å². The highest BCUT2D eigenvalue weighted by atomic mass is 32.2. The summed E-state index contributed by atoms with van der Waals surface area (Å²) in [6.45, 7) is 7.81. The highest BCUT2D eigenvalue weighted by molar-refractivity contribution is 7.89. The first-order chi connectivity index (χ1) is 11.2. The quantitative estimate of drug-likeness (QED) is 0.597. The molecule has 0 aliphatic rings. The number of anilines is 1. The van der Waals surface area contributed by atoms with Gasteiger partial charge in [0.15, 0.2) is 0 Å². The molecule has 24 heavy (non-hydrogen) atoms. The molecule has 0 aliphatic heterocycles. The van der Waals surface area contributed by atoms with Gasteiger partial charge in [0.1, 0.15) is 4.90 Å². The molecule has 0 radical (unpaired) electrons. The van der Waals surface area contributed by atoms with Gasteiger partial charge in [0, 0.05) is 12.1 Å². The van der Waals surface area contributed by atoms with E-state index in [4.69, 9.17) is 5.11 Å². The molecule has 0 fully saturated rings. The molecule has 1 aromatic rings. The fourth-order valence-corrected chi connectivity index (χ4v) is 4.06. The summed E-state index contributed by atoms with van der Waals surface area (Å²) in [6.07, 6.45) is 3.43. The Morgan fingerprint density at radius 2 is 1.71 bits per heavy atom. The van der Waals surface area contributed by atoms with E-state index in [1.165, 1.54) is 18.2 Å². The summed E-state index contributed by atoms with van der Waals surface area (Å²) in [5, 5.41) is 12.3. The van der Waals surface area contributed by atoms with E-state index in [9.17, 15) is 13.2 Å². The van der Waals surface area contributed by atoms with Crippen molar-refractivity contribution in [3.05, 3.63) is 23.8 Å². The topological polar surface area (TPSA) is 95.5 Å². The number of hydrogen-bond acceptors (Lipinski definition) is 4. The van der Waals surface area contributed by atoms with Crippen LogP contribution in [0.5, 0.6) is 0 Å². The molecule has 0 saturated carbocycles. The van der Waals surface area contributed by atoms with Crippen molar-refractivity contribution < 1.29 is 18.3 Å². The number of carbonyl (C=O) groups is 1. The van der Waals surface area contributed by atoms with Crippen molar-refractivity contribution in [1.29, 1.82) is 0 Å². The minimum absolute atomic E-state index is 0.0201. The Morgan fingerprint density at radius 1 is 1.12 bits per heavy atom. The molecule has 0 aromatic heterocycles. The van der Waals surface area contributed by atoms with Crippen molar-refractivity contribution in [3.63, 3.8) is 0 Å². The van der Waals surface area contributed by atoms with Crippen LogP contribution in [0.15, 0.2) is 23.1 Å². The molecule has 0 heterocycles. The number of nitrogens with one attached hydrogen (secondary N) is 2. The Kier molecular flexibility index (Phi) is 7.69. The zero-order valence-electron chi connectivity index (χ0n) is 14.8. The van der Waals surface area contributed by atoms with E-state index >= 15 is 0 Å². The third-order valence-electron chi connectivity index (χ3n) is 3.72. The van der Waals surface area contributed by atoms with Gasteiger partial charge in [-0.05, 0) is 44.9 Å². The number of aromatic carboxylic acids is 1. The second kappa shape index (κ2) is 9.03. The van der Waals surface area contributed by atoms with Crippen LogP contribution in [0.4, 0.5) is 5.69 Å². The summed E-state index contributed by atoms with van der Waals surface area (Å²) in [4.78, 5) is 11.2. The van der Waals surface area contributed by atoms with Crippen molar-refractivity contribution in [3.8, 4) is 0 Å². The lowest BCUT2D eigenvalue weighted by Crippen LogP contribution is -2.33. The van der Waals surface area contributed by atoms with Crippen LogP contribution in [0.3, 0.4) is 0 Å². The SMILES string of the molecule is CCC[C@@H](C)Nc1ccc(C(=O)O)cc1S(=O)(=O)N[C@@H](C)CCC. The molecule has 0 spiro atoms. The van der Waals surface area contributed by atoms with Crippen LogP contribution in [0, 0.1) is 0 Å². The lowest BCUT2D eigenvalue weighted by molar-refractivity contribution is 0.0696. The van der Waals surface area contributed by atoms with Gasteiger partial charge in [-0.2, -0.15) is 0 Å². The van der Waals surface area contributed by atoms with Gasteiger partial charge in [-0.25, -0.2) is 17.9 Å². The molecule has 7 heteroatoms. The Morgan fingerprint density at radius 3 is 2.25 bits per heavy atom. The maximum atomic E-state index is 12.7. The van der Waals surface area contributed by atoms with Gasteiger partial charge in [-0.15, -0.1) is 0 Å². The Bertz CT molecular complexity index is 659. The van der Waals surface area contributed by atoms with Crippen molar-refractivity contribution in [2.24, 2.45) is 0 Å². The summed E-state index contributed by atoms with van der Waals surface area (Å²) in [7, 11) is -3.80. The van der Waals surface area contributed by atoms with E-state index in [0.717, 1.165) is 19.3 Å². The molecule has 0 bridgehead atoms. The average molecular weight is 356 g/mol. The van der Waals surface area contributed by atoms with E-state index in [1.54, 1.807) is 6.92 Å². The lowest BCUT2D eigenvalue weighted by Gasteiger charge is -2.20. The Hall–Kier alpha value is -1.60. The van der Waals surface area contributed by atoms with Crippen molar-refractivity contribution >= 4 is 21.7 Å². The molecule has 2 atom stereocenters. The summed E-state index contributed by atoms with van der Waals surface area (Å²) in [5.74, 6) is -1.15. The maximum absolute atomic E-state index is 12.7. The predicted molar refractivity (Wildman–Crippen MR) is 96.1 cm³/mol. The molecular weight excluding hydrogens is 328 g/mol. The van der Waals surface area contributed by atoms with Gasteiger partial charge in [-0.3, -0.25) is 0 Å². The smallest absolute Gasteiger partial charge is 0.335 e. The Balaban J connectivity index is 3.24. The summed E-state index contributed by atoms with van der Waals surface area (Å²) >= 11 is 0. The number of benzene rings is 1. The maximum Gasteiger partial charge on any atom is 0.335 e. The zero-order valence-corrected chi connectivity index (χ0v) is 15.6. The number of sulfonamides is 1. The fourth-order valence-electron chi connectivity index (χ4n) is 2.59. The first kappa shape index (κ1) is 20.4. The van der Waals surface area contributed by atoms with Crippen LogP contribution < -0.4 is 10.0 Å². The number of hydrogen-bond donors (Lipinski definition) is 3. The van der Waals surface area contributed by atoms with Crippen LogP contribution >= 0.6 is 0 Å². The minimum atomic E-state index is -3.80. The molecule has 0 amide bonds. The highest BCUT2D eigenvalue weighted by Gasteiger charge is 2.23. The molecule has 0 saturated heterocycles. The van der Waals surface area contributed by atoms with E-state index in [0.29, 0.717) is 12.1 Å². The van der Waals surface area contributed by atoms with Crippen molar-refractivity contribution in [2.45, 2.75) is 70.4 Å². The molecule has 0 aliphatic carbocycles. The van der Waals surface area contributed by atoms with E-state index < -0.39 is 16.0 Å². The monoisotopic (exact) mass is 356 g/mol. The second-order valence-corrected chi connectivity index (χ2v) is 7.84. The lowest BCUT2D eigenvalue weighted by atomic mass is 10.1. The standard InChI is InChI=1S/C17H28N2O4S/c1-5-7-12(3)18-15-10-9-14(17(20)21)11-16(15)24(22,23)19-13(4)8-6-2/h9-13,18-19H,5-8H2,1-4H3,(H,20,21)/t12-,13+/m1/s1. The van der Waals surface area contributed by atoms with Gasteiger partial charge in [0.05, 0.1) is 11.3 Å². The van der Waals surface area contributed by atoms with Crippen LogP contribution in [0.2, 0.25) is 0 Å². The molecule has 6 nitrogen and oxygen atoms in total. The molecule has 0 unspecified atom stereocenters. The van der Waals surface area contributed by atoms with Crippen LogP contribution in [-0.4, -0.2) is 31.6 Å². The van der Waals surface area contributed by atoms with Crippen LogP contribution in [-0.2, 0) is 10.0 Å². The summed E-state index contributed by atoms with van der Waals surface area (Å²) < 4.78 is 28.0. The summed E-state index contributed by atoms with van der Waals surface area (Å²) in [5.41, 5.74) is 0.379. The van der Waals surface area contributed by atoms with Gasteiger partial charge < -0.3 is 10.4 Å². The third-order valence-corrected chi connectivity index (χ3v) is 5.35. The number of carboxylic acids is 1. The highest BCUT2D eigenvalue weighted by Crippen LogP contribution is 2.25. The average Bonchev–Trinajstić information content (AvgIpc) is 2.47. The van der Waals surface area contributed by atoms with Crippen LogP contribution in [0.25, 0.3) is 0 Å². The first-order valence-electron chi connectivity index (χ1n) is 8.37. The third kappa shape index (κ3) is 5.79. The number of carboxylic acid groups (broad SMARTS) is 1. The molecule has 1 aromatic carbocycles. The zero-order chi connectivity index (χ0) is 18.3. The minimum Gasteiger partial charge on any atom is -0.478 e. The molecule has 1 rings (SSSR count). The van der Waals surface area contributed by atoms with Gasteiger partial charge in [0.2, 0.25) is 10.0 Å². The van der Waals surface area contributed by atoms with E-state index in [1.807, 2.05) is 13.8 Å². The van der Waals surface area contributed by atoms with Gasteiger partial charge in [0.25, 0.3) is 0 Å². The second-order valence-electron chi connectivity index (χ2n) is 6.16. The molecule has 3 N–H and O–H groups in total. The fraction of sp³-hybridized carbons (Fsp3) is 0.588. The molecule has 136 valence electrons. The van der Waals surface area contributed by atoms with Crippen molar-refractivity contribution in [1.82, 2.24) is 4.72 Å². The van der Waals surface area contributed by atoms with E-state index in [2.05, 4.69) is 17.0 Å². The number of rotatable bonds is 10.